The van der Waals surface area contributed by atoms with Crippen molar-refractivity contribution >= 4 is 41.5 Å². The van der Waals surface area contributed by atoms with Crippen molar-refractivity contribution in [2.45, 2.75) is 18.9 Å². The minimum Gasteiger partial charge on any atom is -0.337 e. The van der Waals surface area contributed by atoms with Crippen molar-refractivity contribution in [3.63, 3.8) is 0 Å². The number of benzene rings is 1. The number of carbonyl (C=O) groups is 1. The normalized spacial score (nSPS) is 19.3. The second kappa shape index (κ2) is 6.62. The average molecular weight is 310 g/mol. The molecule has 1 aromatic rings. The number of halogens is 3. The van der Waals surface area contributed by atoms with E-state index in [0.717, 1.165) is 19.4 Å². The maximum atomic E-state index is 12.2. The van der Waals surface area contributed by atoms with Crippen LogP contribution in [0.25, 0.3) is 0 Å². The molecule has 3 nitrogen and oxygen atoms in total. The van der Waals surface area contributed by atoms with Gasteiger partial charge in [-0.1, -0.05) is 29.3 Å². The van der Waals surface area contributed by atoms with Crippen LogP contribution in [0.1, 0.15) is 23.2 Å². The molecule has 1 saturated heterocycles. The Kier molecular flexibility index (Phi) is 5.73. The minimum absolute atomic E-state index is 0. The Bertz CT molecular complexity index is 439. The van der Waals surface area contributed by atoms with Gasteiger partial charge >= 0.3 is 0 Å². The molecule has 1 amide bonds. The second-order valence-corrected chi connectivity index (χ2v) is 5.04. The van der Waals surface area contributed by atoms with Gasteiger partial charge in [-0.2, -0.15) is 0 Å². The number of hydrogen-bond acceptors (Lipinski definition) is 2. The Morgan fingerprint density at radius 1 is 1.39 bits per heavy atom. The fourth-order valence-electron chi connectivity index (χ4n) is 2.03. The van der Waals surface area contributed by atoms with Crippen LogP contribution >= 0.6 is 35.6 Å². The molecule has 0 bridgehead atoms. The molecule has 0 saturated carbocycles. The quantitative estimate of drug-likeness (QED) is 0.867. The molecule has 100 valence electrons. The van der Waals surface area contributed by atoms with Crippen LogP contribution in [0.15, 0.2) is 18.2 Å². The summed E-state index contributed by atoms with van der Waals surface area (Å²) in [6, 6.07) is 5.15. The summed E-state index contributed by atoms with van der Waals surface area (Å²) >= 11 is 11.9. The van der Waals surface area contributed by atoms with Crippen LogP contribution in [-0.2, 0) is 0 Å². The van der Waals surface area contributed by atoms with Crippen molar-refractivity contribution in [2.75, 3.05) is 13.1 Å². The van der Waals surface area contributed by atoms with Gasteiger partial charge in [-0.05, 0) is 25.0 Å². The molecule has 2 N–H and O–H groups in total. The van der Waals surface area contributed by atoms with E-state index in [9.17, 15) is 4.79 Å². The highest BCUT2D eigenvalue weighted by molar-refractivity contribution is 6.43. The van der Waals surface area contributed by atoms with Crippen LogP contribution in [-0.4, -0.2) is 29.9 Å². The van der Waals surface area contributed by atoms with Gasteiger partial charge in [0.25, 0.3) is 5.91 Å². The van der Waals surface area contributed by atoms with Crippen molar-refractivity contribution in [3.8, 4) is 0 Å². The molecule has 1 heterocycles. The van der Waals surface area contributed by atoms with Crippen LogP contribution in [0.2, 0.25) is 10.0 Å². The lowest BCUT2D eigenvalue weighted by Gasteiger charge is -2.31. The Balaban J connectivity index is 0.00000162. The molecule has 18 heavy (non-hydrogen) atoms. The monoisotopic (exact) mass is 308 g/mol. The molecule has 1 aliphatic heterocycles. The van der Waals surface area contributed by atoms with E-state index in [2.05, 4.69) is 0 Å². The van der Waals surface area contributed by atoms with Crippen molar-refractivity contribution in [3.05, 3.63) is 33.8 Å². The van der Waals surface area contributed by atoms with Gasteiger partial charge in [0.15, 0.2) is 0 Å². The molecule has 0 unspecified atom stereocenters. The summed E-state index contributed by atoms with van der Waals surface area (Å²) in [5.74, 6) is -0.0901. The summed E-state index contributed by atoms with van der Waals surface area (Å²) in [4.78, 5) is 14.0. The first-order chi connectivity index (χ1) is 8.09. The first-order valence-corrected chi connectivity index (χ1v) is 6.34. The molecule has 1 atom stereocenters. The van der Waals surface area contributed by atoms with Crippen LogP contribution < -0.4 is 5.73 Å². The van der Waals surface area contributed by atoms with Crippen LogP contribution in [0.5, 0.6) is 0 Å². The van der Waals surface area contributed by atoms with Crippen LogP contribution in [0.3, 0.4) is 0 Å². The number of carbonyl (C=O) groups excluding carboxylic acids is 1. The Morgan fingerprint density at radius 3 is 2.78 bits per heavy atom. The van der Waals surface area contributed by atoms with Crippen LogP contribution in [0.4, 0.5) is 0 Å². The zero-order valence-corrected chi connectivity index (χ0v) is 12.1. The summed E-state index contributed by atoms with van der Waals surface area (Å²) in [7, 11) is 0. The highest BCUT2D eigenvalue weighted by atomic mass is 35.5. The lowest BCUT2D eigenvalue weighted by atomic mass is 10.1. The molecule has 1 aliphatic rings. The van der Waals surface area contributed by atoms with Crippen molar-refractivity contribution < 1.29 is 4.79 Å². The highest BCUT2D eigenvalue weighted by Gasteiger charge is 2.24. The summed E-state index contributed by atoms with van der Waals surface area (Å²) in [5.41, 5.74) is 6.31. The van der Waals surface area contributed by atoms with Gasteiger partial charge in [0.2, 0.25) is 0 Å². The molecule has 2 rings (SSSR count). The highest BCUT2D eigenvalue weighted by Crippen LogP contribution is 2.27. The summed E-state index contributed by atoms with van der Waals surface area (Å²) in [5, 5.41) is 0.720. The molecule has 6 heteroatoms. The van der Waals surface area contributed by atoms with Crippen molar-refractivity contribution in [1.82, 2.24) is 4.90 Å². The number of rotatable bonds is 1. The van der Waals surface area contributed by atoms with Gasteiger partial charge in [-0.25, -0.2) is 0 Å². The minimum atomic E-state index is -0.0901. The lowest BCUT2D eigenvalue weighted by molar-refractivity contribution is 0.0709. The molecule has 1 fully saturated rings. The standard InChI is InChI=1S/C12H14Cl2N2O.ClH/c13-10-5-1-4-9(11(10)14)12(17)16-6-2-3-8(15)7-16;/h1,4-5,8H,2-3,6-7,15H2;1H/t8-;/m1./s1. The molecule has 0 aromatic heterocycles. The summed E-state index contributed by atoms with van der Waals surface area (Å²) < 4.78 is 0. The number of amides is 1. The smallest absolute Gasteiger partial charge is 0.255 e. The number of likely N-dealkylation sites (tertiary alicyclic amines) is 1. The van der Waals surface area contributed by atoms with Crippen molar-refractivity contribution in [2.24, 2.45) is 5.73 Å². The summed E-state index contributed by atoms with van der Waals surface area (Å²) in [6.07, 6.45) is 1.90. The maximum Gasteiger partial charge on any atom is 0.255 e. The van der Waals surface area contributed by atoms with E-state index in [1.807, 2.05) is 0 Å². The maximum absolute atomic E-state index is 12.2. The van der Waals surface area contributed by atoms with E-state index in [1.54, 1.807) is 23.1 Å². The zero-order valence-electron chi connectivity index (χ0n) is 9.73. The molecular formula is C12H15Cl3N2O. The van der Waals surface area contributed by atoms with Gasteiger partial charge < -0.3 is 10.6 Å². The molecule has 0 radical (unpaired) electrons. The lowest BCUT2D eigenvalue weighted by Crippen LogP contribution is -2.45. The number of piperidine rings is 1. The number of nitrogens with two attached hydrogens (primary N) is 1. The van der Waals surface area contributed by atoms with E-state index in [0.29, 0.717) is 22.2 Å². The second-order valence-electron chi connectivity index (χ2n) is 4.25. The molecule has 0 spiro atoms. The van der Waals surface area contributed by atoms with E-state index >= 15 is 0 Å². The fraction of sp³-hybridized carbons (Fsp3) is 0.417. The third kappa shape index (κ3) is 3.29. The SMILES string of the molecule is Cl.N[C@@H]1CCCN(C(=O)c2cccc(Cl)c2Cl)C1. The Hall–Kier alpha value is -0.480. The number of nitrogens with zero attached hydrogens (tertiary/aromatic N) is 1. The molecular weight excluding hydrogens is 295 g/mol. The number of hydrogen-bond donors (Lipinski definition) is 1. The Labute approximate surface area is 123 Å². The molecule has 1 aromatic carbocycles. The molecule has 0 aliphatic carbocycles. The fourth-order valence-corrected chi connectivity index (χ4v) is 2.42. The third-order valence-electron chi connectivity index (χ3n) is 2.93. The third-order valence-corrected chi connectivity index (χ3v) is 3.75. The van der Waals surface area contributed by atoms with E-state index in [1.165, 1.54) is 0 Å². The average Bonchev–Trinajstić information content (AvgIpc) is 2.32. The van der Waals surface area contributed by atoms with E-state index < -0.39 is 0 Å². The van der Waals surface area contributed by atoms with E-state index in [-0.39, 0.29) is 24.4 Å². The van der Waals surface area contributed by atoms with Crippen LogP contribution in [0, 0.1) is 0 Å². The first kappa shape index (κ1) is 15.6. The zero-order chi connectivity index (χ0) is 12.4. The van der Waals surface area contributed by atoms with Gasteiger partial charge in [-0.15, -0.1) is 12.4 Å². The largest absolute Gasteiger partial charge is 0.337 e. The first-order valence-electron chi connectivity index (χ1n) is 5.58. The van der Waals surface area contributed by atoms with Gasteiger partial charge in [-0.3, -0.25) is 4.79 Å². The van der Waals surface area contributed by atoms with Gasteiger partial charge in [0, 0.05) is 19.1 Å². The van der Waals surface area contributed by atoms with Gasteiger partial charge in [0.1, 0.15) is 0 Å². The van der Waals surface area contributed by atoms with E-state index in [4.69, 9.17) is 28.9 Å². The topological polar surface area (TPSA) is 46.3 Å². The van der Waals surface area contributed by atoms with Gasteiger partial charge in [0.05, 0.1) is 15.6 Å². The Morgan fingerprint density at radius 2 is 2.11 bits per heavy atom. The summed E-state index contributed by atoms with van der Waals surface area (Å²) in [6.45, 7) is 1.32. The van der Waals surface area contributed by atoms with Crippen molar-refractivity contribution in [1.29, 1.82) is 0 Å². The predicted octanol–water partition coefficient (Wildman–Crippen LogP) is 2.98. The predicted molar refractivity (Wildman–Crippen MR) is 76.8 cm³/mol.